The van der Waals surface area contributed by atoms with Crippen LogP contribution in [0.25, 0.3) is 0 Å². The summed E-state index contributed by atoms with van der Waals surface area (Å²) < 4.78 is 50.4. The molecule has 10 heavy (non-hydrogen) atoms. The van der Waals surface area contributed by atoms with Gasteiger partial charge in [-0.2, -0.15) is 0 Å². The first-order chi connectivity index (χ1) is 3.46. The van der Waals surface area contributed by atoms with Crippen LogP contribution in [0.1, 0.15) is 0 Å². The summed E-state index contributed by atoms with van der Waals surface area (Å²) in [6.45, 7) is 0. The van der Waals surface area contributed by atoms with E-state index in [1.807, 2.05) is 0 Å². The van der Waals surface area contributed by atoms with Crippen molar-refractivity contribution in [1.82, 2.24) is 0 Å². The van der Waals surface area contributed by atoms with Gasteiger partial charge in [0.05, 0.1) is 21.6 Å². The Morgan fingerprint density at radius 1 is 0.600 bits per heavy atom. The van der Waals surface area contributed by atoms with Crippen molar-refractivity contribution < 1.29 is 75.4 Å². The fraction of sp³-hybridized carbons (Fsp3) is 0. The van der Waals surface area contributed by atoms with Crippen molar-refractivity contribution in [3.63, 3.8) is 0 Å². The molecule has 0 aliphatic carbocycles. The molecule has 2 N–H and O–H groups in total. The van der Waals surface area contributed by atoms with E-state index in [-0.39, 0.29) is 25.9 Å². The van der Waals surface area contributed by atoms with Crippen LogP contribution in [-0.4, -0.2) is 5.48 Å². The first kappa shape index (κ1) is 22.4. The molecule has 0 saturated heterocycles. The van der Waals surface area contributed by atoms with E-state index in [4.69, 9.17) is 28.0 Å². The van der Waals surface area contributed by atoms with Crippen molar-refractivity contribution in [2.75, 3.05) is 0 Å². The maximum Gasteiger partial charge on any atom is 2.00 e. The van der Waals surface area contributed by atoms with Gasteiger partial charge in [-0.3, -0.25) is 0 Å². The maximum atomic E-state index is 8.41. The van der Waals surface area contributed by atoms with E-state index in [0.717, 1.165) is 0 Å². The standard InChI is InChI=1S/2ClO3.H2O.Pd/c2*2-1(3)4;;/h;;1H2;/q2*-1;;+2. The predicted octanol–water partition coefficient (Wildman–Crippen LogP) is -7.96. The fourth-order valence-corrected chi connectivity index (χ4v) is 0. The average molecular weight is 291 g/mol. The quantitative estimate of drug-likeness (QED) is 0.401. The maximum absolute atomic E-state index is 8.41. The third kappa shape index (κ3) is 614. The molecule has 0 rings (SSSR count). The molecule has 0 aliphatic rings. The average Bonchev–Trinajstić information content (AvgIpc) is 1.25. The smallest absolute Gasteiger partial charge is 0.412 e. The molecule has 0 fully saturated rings. The summed E-state index contributed by atoms with van der Waals surface area (Å²) in [4.78, 5) is 0. The van der Waals surface area contributed by atoms with Crippen LogP contribution in [-0.2, 0) is 20.4 Å². The van der Waals surface area contributed by atoms with Crippen LogP contribution < -0.4 is 28.0 Å². The van der Waals surface area contributed by atoms with Gasteiger partial charge in [0.25, 0.3) is 0 Å². The molecule has 0 aromatic rings. The molecule has 0 bridgehead atoms. The second kappa shape index (κ2) is 16.5. The van der Waals surface area contributed by atoms with Crippen LogP contribution in [0.15, 0.2) is 0 Å². The minimum Gasteiger partial charge on any atom is -0.412 e. The summed E-state index contributed by atoms with van der Waals surface area (Å²) in [6, 6.07) is 0. The van der Waals surface area contributed by atoms with E-state index < -0.39 is 21.6 Å². The Labute approximate surface area is 75.7 Å². The summed E-state index contributed by atoms with van der Waals surface area (Å²) in [5.41, 5.74) is 0. The van der Waals surface area contributed by atoms with Gasteiger partial charge in [0.15, 0.2) is 0 Å². The molecule has 10 heteroatoms. The van der Waals surface area contributed by atoms with Gasteiger partial charge in [0.2, 0.25) is 0 Å². The summed E-state index contributed by atoms with van der Waals surface area (Å²) >= 11 is 0. The van der Waals surface area contributed by atoms with Crippen LogP contribution in [0.4, 0.5) is 0 Å². The summed E-state index contributed by atoms with van der Waals surface area (Å²) in [5.74, 6) is 0. The van der Waals surface area contributed by atoms with Gasteiger partial charge >= 0.3 is 20.4 Å². The molecule has 0 aromatic heterocycles. The van der Waals surface area contributed by atoms with Gasteiger partial charge in [-0.05, 0) is 0 Å². The predicted molar refractivity (Wildman–Crippen MR) is 3.61 cm³/mol. The first-order valence-corrected chi connectivity index (χ1v) is 2.78. The fourth-order valence-electron chi connectivity index (χ4n) is 0. The number of hydrogen-bond acceptors (Lipinski definition) is 6. The number of halogens is 2. The number of hydrogen-bond donors (Lipinski definition) is 0. The summed E-state index contributed by atoms with van der Waals surface area (Å²) in [6.07, 6.45) is 0. The van der Waals surface area contributed by atoms with Crippen molar-refractivity contribution in [3.8, 4) is 0 Å². The topological polar surface area (TPSA) is 170 Å². The molecule has 0 heterocycles. The van der Waals surface area contributed by atoms with E-state index in [2.05, 4.69) is 0 Å². The van der Waals surface area contributed by atoms with Gasteiger partial charge in [0, 0.05) is 0 Å². The van der Waals surface area contributed by atoms with Crippen LogP contribution in [0, 0.1) is 21.6 Å². The van der Waals surface area contributed by atoms with Gasteiger partial charge in [-0.15, -0.1) is 0 Å². The first-order valence-electron chi connectivity index (χ1n) is 0.926. The molecule has 0 radical (unpaired) electrons. The van der Waals surface area contributed by atoms with Gasteiger partial charge in [-0.25, -0.2) is 0 Å². The Kier molecular flexibility index (Phi) is 37.1. The van der Waals surface area contributed by atoms with E-state index >= 15 is 0 Å². The van der Waals surface area contributed by atoms with E-state index in [1.54, 1.807) is 0 Å². The van der Waals surface area contributed by atoms with Gasteiger partial charge in [0.1, 0.15) is 0 Å². The van der Waals surface area contributed by atoms with Crippen LogP contribution in [0.5, 0.6) is 0 Å². The minimum absolute atomic E-state index is 0. The molecule has 0 saturated carbocycles. The third-order valence-corrected chi connectivity index (χ3v) is 0. The molecule has 0 aromatic carbocycles. The molecule has 68 valence electrons. The molecule has 0 spiro atoms. The Hall–Kier alpha value is 0.962. The van der Waals surface area contributed by atoms with E-state index in [0.29, 0.717) is 0 Å². The van der Waals surface area contributed by atoms with Crippen molar-refractivity contribution in [2.45, 2.75) is 0 Å². The van der Waals surface area contributed by atoms with Crippen molar-refractivity contribution in [3.05, 3.63) is 0 Å². The van der Waals surface area contributed by atoms with Crippen LogP contribution in [0.3, 0.4) is 0 Å². The third-order valence-electron chi connectivity index (χ3n) is 0. The largest absolute Gasteiger partial charge is 2.00 e. The Balaban J connectivity index is -0.0000000300. The number of rotatable bonds is 0. The Bertz CT molecular complexity index is 27.1. The summed E-state index contributed by atoms with van der Waals surface area (Å²) in [7, 11) is -5.70. The van der Waals surface area contributed by atoms with Crippen LogP contribution >= 0.6 is 0 Å². The zero-order valence-corrected chi connectivity index (χ0v) is 7.09. The molecular weight excluding hydrogens is 289 g/mol. The van der Waals surface area contributed by atoms with E-state index in [9.17, 15) is 0 Å². The molecule has 0 amide bonds. The van der Waals surface area contributed by atoms with Gasteiger partial charge < -0.3 is 33.4 Å². The minimum atomic E-state index is -2.85. The van der Waals surface area contributed by atoms with Crippen molar-refractivity contribution >= 4 is 0 Å². The zero-order valence-electron chi connectivity index (χ0n) is 4.02. The van der Waals surface area contributed by atoms with Gasteiger partial charge in [-0.1, -0.05) is 0 Å². The summed E-state index contributed by atoms with van der Waals surface area (Å²) in [5, 5.41) is 0. The SMILES string of the molecule is O.[O-][Cl+2]([O-])[O-].[O-][Cl+2]([O-])[O-].[Pd+2]. The van der Waals surface area contributed by atoms with Crippen molar-refractivity contribution in [2.24, 2.45) is 0 Å². The molecule has 0 atom stereocenters. The molecule has 0 aliphatic heterocycles. The second-order valence-corrected chi connectivity index (χ2v) is 1.13. The van der Waals surface area contributed by atoms with Crippen molar-refractivity contribution in [1.29, 1.82) is 0 Å². The molecule has 7 nitrogen and oxygen atoms in total. The zero-order chi connectivity index (χ0) is 7.15. The van der Waals surface area contributed by atoms with Crippen LogP contribution in [0.2, 0.25) is 0 Å². The Morgan fingerprint density at radius 2 is 0.600 bits per heavy atom. The molecular formula is H2Cl2O7Pd. The van der Waals surface area contributed by atoms with E-state index in [1.165, 1.54) is 0 Å². The normalized spacial score (nSPS) is 7.20. The Morgan fingerprint density at radius 3 is 0.600 bits per heavy atom. The monoisotopic (exact) mass is 290 g/mol. The molecule has 0 unspecified atom stereocenters. The second-order valence-electron chi connectivity index (χ2n) is 0.378.